The predicted molar refractivity (Wildman–Crippen MR) is 85.8 cm³/mol. The minimum atomic E-state index is -0.475. The molecule has 0 bridgehead atoms. The zero-order valence-corrected chi connectivity index (χ0v) is 12.2. The number of alkyl carbamates (subject to hydrolysis) is 1. The van der Waals surface area contributed by atoms with E-state index in [1.807, 2.05) is 54.6 Å². The third-order valence-corrected chi connectivity index (χ3v) is 2.96. The molecule has 0 aromatic heterocycles. The lowest BCUT2D eigenvalue weighted by Crippen LogP contribution is -2.24. The first kappa shape index (κ1) is 15.6. The third-order valence-electron chi connectivity index (χ3n) is 2.96. The Morgan fingerprint density at radius 2 is 1.77 bits per heavy atom. The van der Waals surface area contributed by atoms with Gasteiger partial charge in [-0.2, -0.15) is 0 Å². The molecule has 0 saturated heterocycles. The predicted octanol–water partition coefficient (Wildman–Crippen LogP) is 2.42. The summed E-state index contributed by atoms with van der Waals surface area (Å²) in [5.74, 6) is 5.84. The minimum Gasteiger partial charge on any atom is -0.445 e. The standard InChI is InChI=1S/C18H18N2O2/c19-13-16-10-8-15(9-11-16)7-4-12-20-18(21)22-14-17-5-2-1-3-6-17/h1-3,5-6,8-11H,12-14,19H2,(H,20,21). The number of carbonyl (C=O) groups excluding carboxylic acids is 1. The quantitative estimate of drug-likeness (QED) is 0.851. The molecule has 0 unspecified atom stereocenters. The molecule has 4 nitrogen and oxygen atoms in total. The lowest BCUT2D eigenvalue weighted by molar-refractivity contribution is 0.141. The van der Waals surface area contributed by atoms with Crippen LogP contribution in [0.25, 0.3) is 0 Å². The summed E-state index contributed by atoms with van der Waals surface area (Å²) < 4.78 is 5.08. The summed E-state index contributed by atoms with van der Waals surface area (Å²) in [5.41, 5.74) is 8.42. The van der Waals surface area contributed by atoms with Crippen LogP contribution in [0.4, 0.5) is 4.79 Å². The molecular formula is C18H18N2O2. The number of ether oxygens (including phenoxy) is 1. The molecule has 0 fully saturated rings. The van der Waals surface area contributed by atoms with Gasteiger partial charge < -0.3 is 15.8 Å². The molecule has 2 aromatic carbocycles. The molecule has 0 atom stereocenters. The van der Waals surface area contributed by atoms with Crippen molar-refractivity contribution in [1.82, 2.24) is 5.32 Å². The number of amides is 1. The smallest absolute Gasteiger partial charge is 0.408 e. The van der Waals surface area contributed by atoms with E-state index in [2.05, 4.69) is 17.2 Å². The van der Waals surface area contributed by atoms with Gasteiger partial charge >= 0.3 is 6.09 Å². The van der Waals surface area contributed by atoms with E-state index in [9.17, 15) is 4.79 Å². The van der Waals surface area contributed by atoms with Gasteiger partial charge in [-0.1, -0.05) is 54.3 Å². The first-order valence-electron chi connectivity index (χ1n) is 7.00. The molecule has 22 heavy (non-hydrogen) atoms. The topological polar surface area (TPSA) is 64.3 Å². The second-order valence-corrected chi connectivity index (χ2v) is 4.62. The highest BCUT2D eigenvalue weighted by molar-refractivity contribution is 5.67. The highest BCUT2D eigenvalue weighted by atomic mass is 16.5. The normalized spacial score (nSPS) is 9.50. The van der Waals surface area contributed by atoms with Crippen molar-refractivity contribution in [2.24, 2.45) is 5.73 Å². The van der Waals surface area contributed by atoms with Crippen molar-refractivity contribution in [2.75, 3.05) is 6.54 Å². The highest BCUT2D eigenvalue weighted by Crippen LogP contribution is 2.02. The van der Waals surface area contributed by atoms with E-state index in [1.54, 1.807) is 0 Å². The maximum Gasteiger partial charge on any atom is 0.408 e. The Kier molecular flexibility index (Phi) is 6.03. The van der Waals surface area contributed by atoms with Crippen LogP contribution in [-0.2, 0) is 17.9 Å². The van der Waals surface area contributed by atoms with E-state index >= 15 is 0 Å². The van der Waals surface area contributed by atoms with Crippen molar-refractivity contribution in [3.05, 3.63) is 71.3 Å². The summed E-state index contributed by atoms with van der Waals surface area (Å²) in [7, 11) is 0. The van der Waals surface area contributed by atoms with Crippen molar-refractivity contribution in [3.8, 4) is 11.8 Å². The van der Waals surface area contributed by atoms with Crippen LogP contribution in [0.1, 0.15) is 16.7 Å². The lowest BCUT2D eigenvalue weighted by Gasteiger charge is -2.04. The van der Waals surface area contributed by atoms with Gasteiger partial charge in [-0.05, 0) is 23.3 Å². The van der Waals surface area contributed by atoms with Gasteiger partial charge in [-0.25, -0.2) is 4.79 Å². The first-order chi connectivity index (χ1) is 10.8. The fraction of sp³-hybridized carbons (Fsp3) is 0.167. The maximum absolute atomic E-state index is 11.5. The molecule has 2 aromatic rings. The number of carbonyl (C=O) groups is 1. The van der Waals surface area contributed by atoms with Gasteiger partial charge in [0.1, 0.15) is 6.61 Å². The van der Waals surface area contributed by atoms with E-state index in [4.69, 9.17) is 10.5 Å². The summed E-state index contributed by atoms with van der Waals surface area (Å²) in [4.78, 5) is 11.5. The second-order valence-electron chi connectivity index (χ2n) is 4.62. The molecule has 0 aliphatic carbocycles. The van der Waals surface area contributed by atoms with Gasteiger partial charge in [0.15, 0.2) is 0 Å². The van der Waals surface area contributed by atoms with Crippen LogP contribution in [0.15, 0.2) is 54.6 Å². The summed E-state index contributed by atoms with van der Waals surface area (Å²) in [6.45, 7) is 1.01. The Morgan fingerprint density at radius 1 is 1.05 bits per heavy atom. The molecule has 3 N–H and O–H groups in total. The SMILES string of the molecule is NCc1ccc(C#CCNC(=O)OCc2ccccc2)cc1. The largest absolute Gasteiger partial charge is 0.445 e. The van der Waals surface area contributed by atoms with Gasteiger partial charge in [0, 0.05) is 12.1 Å². The molecule has 0 saturated carbocycles. The molecule has 112 valence electrons. The van der Waals surface area contributed by atoms with Crippen LogP contribution in [0.2, 0.25) is 0 Å². The van der Waals surface area contributed by atoms with E-state index < -0.39 is 6.09 Å². The summed E-state index contributed by atoms with van der Waals surface area (Å²) in [6, 6.07) is 17.2. The number of hydrogen-bond acceptors (Lipinski definition) is 3. The molecule has 0 radical (unpaired) electrons. The van der Waals surface area contributed by atoms with E-state index in [0.717, 1.165) is 16.7 Å². The number of hydrogen-bond donors (Lipinski definition) is 2. The minimum absolute atomic E-state index is 0.242. The van der Waals surface area contributed by atoms with Gasteiger partial charge in [-0.3, -0.25) is 0 Å². The monoisotopic (exact) mass is 294 g/mol. The van der Waals surface area contributed by atoms with Gasteiger partial charge in [0.25, 0.3) is 0 Å². The Morgan fingerprint density at radius 3 is 2.45 bits per heavy atom. The average Bonchev–Trinajstić information content (AvgIpc) is 2.58. The fourth-order valence-corrected chi connectivity index (χ4v) is 1.76. The third kappa shape index (κ3) is 5.31. The zero-order chi connectivity index (χ0) is 15.6. The van der Waals surface area contributed by atoms with Crippen molar-refractivity contribution < 1.29 is 9.53 Å². The zero-order valence-electron chi connectivity index (χ0n) is 12.2. The Labute approximate surface area is 130 Å². The number of nitrogens with two attached hydrogens (primary N) is 1. The Bertz CT molecular complexity index is 655. The highest BCUT2D eigenvalue weighted by Gasteiger charge is 2.00. The van der Waals surface area contributed by atoms with Crippen LogP contribution in [0.3, 0.4) is 0 Å². The molecule has 2 rings (SSSR count). The van der Waals surface area contributed by atoms with Crippen LogP contribution < -0.4 is 11.1 Å². The molecule has 0 spiro atoms. The van der Waals surface area contributed by atoms with E-state index in [-0.39, 0.29) is 13.2 Å². The van der Waals surface area contributed by atoms with Crippen molar-refractivity contribution in [3.63, 3.8) is 0 Å². The first-order valence-corrected chi connectivity index (χ1v) is 7.00. The number of benzene rings is 2. The molecular weight excluding hydrogens is 276 g/mol. The van der Waals surface area contributed by atoms with Crippen LogP contribution in [0.5, 0.6) is 0 Å². The van der Waals surface area contributed by atoms with Gasteiger partial charge in [-0.15, -0.1) is 0 Å². The Hall–Kier alpha value is -2.77. The van der Waals surface area contributed by atoms with Gasteiger partial charge in [0.2, 0.25) is 0 Å². The second kappa shape index (κ2) is 8.50. The van der Waals surface area contributed by atoms with Gasteiger partial charge in [0.05, 0.1) is 6.54 Å². The molecule has 1 amide bonds. The van der Waals surface area contributed by atoms with Crippen molar-refractivity contribution in [1.29, 1.82) is 0 Å². The maximum atomic E-state index is 11.5. The summed E-state index contributed by atoms with van der Waals surface area (Å²) >= 11 is 0. The summed E-state index contributed by atoms with van der Waals surface area (Å²) in [6.07, 6.45) is -0.475. The van der Waals surface area contributed by atoms with Crippen molar-refractivity contribution in [2.45, 2.75) is 13.2 Å². The Balaban J connectivity index is 1.71. The van der Waals surface area contributed by atoms with Crippen molar-refractivity contribution >= 4 is 6.09 Å². The van der Waals surface area contributed by atoms with Crippen LogP contribution in [-0.4, -0.2) is 12.6 Å². The van der Waals surface area contributed by atoms with Crippen LogP contribution in [0, 0.1) is 11.8 Å². The van der Waals surface area contributed by atoms with E-state index in [1.165, 1.54) is 0 Å². The molecule has 4 heteroatoms. The number of rotatable bonds is 4. The lowest BCUT2D eigenvalue weighted by atomic mass is 10.1. The van der Waals surface area contributed by atoms with E-state index in [0.29, 0.717) is 6.54 Å². The molecule has 0 aliphatic heterocycles. The molecule has 0 heterocycles. The summed E-state index contributed by atoms with van der Waals surface area (Å²) in [5, 5.41) is 2.59. The fourth-order valence-electron chi connectivity index (χ4n) is 1.76. The average molecular weight is 294 g/mol. The molecule has 0 aliphatic rings. The number of nitrogens with one attached hydrogen (secondary N) is 1. The van der Waals surface area contributed by atoms with Crippen LogP contribution >= 0.6 is 0 Å².